The van der Waals surface area contributed by atoms with Crippen LogP contribution in [0.1, 0.15) is 5.82 Å². The van der Waals surface area contributed by atoms with E-state index in [4.69, 9.17) is 11.5 Å². The van der Waals surface area contributed by atoms with Gasteiger partial charge in [0.2, 0.25) is 5.13 Å². The highest BCUT2D eigenvalue weighted by Gasteiger charge is 2.08. The molecule has 0 bridgehead atoms. The van der Waals surface area contributed by atoms with E-state index in [2.05, 4.69) is 14.3 Å². The molecule has 0 aliphatic rings. The maximum Gasteiger partial charge on any atom is 0.205 e. The molecule has 1 rings (SSSR count). The summed E-state index contributed by atoms with van der Waals surface area (Å²) in [4.78, 5) is 6.33. The van der Waals surface area contributed by atoms with Crippen molar-refractivity contribution in [3.63, 3.8) is 0 Å². The van der Waals surface area contributed by atoms with Crippen LogP contribution < -0.4 is 16.4 Å². The maximum absolute atomic E-state index is 5.48. The minimum atomic E-state index is 0.610. The summed E-state index contributed by atoms with van der Waals surface area (Å²) in [6.07, 6.45) is 0. The van der Waals surface area contributed by atoms with E-state index in [-0.39, 0.29) is 0 Å². The summed E-state index contributed by atoms with van der Waals surface area (Å²) in [5.74, 6) is 0.805. The largest absolute Gasteiger partial charge is 0.344 e. The van der Waals surface area contributed by atoms with E-state index >= 15 is 0 Å². The Bertz CT molecular complexity index is 243. The lowest BCUT2D eigenvalue weighted by molar-refractivity contribution is 0.777. The molecule has 6 heteroatoms. The number of rotatable bonds is 5. The zero-order chi connectivity index (χ0) is 9.68. The lowest BCUT2D eigenvalue weighted by Crippen LogP contribution is -2.33. The number of aromatic nitrogens is 2. The topological polar surface area (TPSA) is 81.1 Å². The Kier molecular flexibility index (Phi) is 4.07. The van der Waals surface area contributed by atoms with Crippen LogP contribution in [0.15, 0.2) is 0 Å². The fraction of sp³-hybridized carbons (Fsp3) is 0.714. The molecule has 1 heterocycles. The molecule has 1 aromatic rings. The molecule has 0 amide bonds. The van der Waals surface area contributed by atoms with Gasteiger partial charge in [0.1, 0.15) is 5.82 Å². The summed E-state index contributed by atoms with van der Waals surface area (Å²) < 4.78 is 4.11. The average Bonchev–Trinajstić information content (AvgIpc) is 2.51. The van der Waals surface area contributed by atoms with Gasteiger partial charge in [0, 0.05) is 37.7 Å². The summed E-state index contributed by atoms with van der Waals surface area (Å²) >= 11 is 1.39. The van der Waals surface area contributed by atoms with Crippen LogP contribution >= 0.6 is 11.5 Å². The molecular formula is C7H15N5S. The predicted molar refractivity (Wildman–Crippen MR) is 55.0 cm³/mol. The second kappa shape index (κ2) is 5.11. The van der Waals surface area contributed by atoms with Crippen molar-refractivity contribution in [1.82, 2.24) is 9.36 Å². The minimum Gasteiger partial charge on any atom is -0.344 e. The molecule has 0 atom stereocenters. The van der Waals surface area contributed by atoms with Crippen LogP contribution in [0.2, 0.25) is 0 Å². The standard InChI is InChI=1S/C7H15N5S/c1-6-10-7(13-11-6)12(4-2-8)5-3-9/h2-5,8-9H2,1H3. The molecule has 13 heavy (non-hydrogen) atoms. The van der Waals surface area contributed by atoms with E-state index in [0.29, 0.717) is 13.1 Å². The molecule has 0 aliphatic heterocycles. The number of nitrogens with zero attached hydrogens (tertiary/aromatic N) is 3. The second-order valence-electron chi connectivity index (χ2n) is 2.69. The first kappa shape index (κ1) is 10.4. The molecule has 0 fully saturated rings. The van der Waals surface area contributed by atoms with Crippen LogP contribution in [0.5, 0.6) is 0 Å². The molecule has 0 saturated carbocycles. The Morgan fingerprint density at radius 1 is 1.31 bits per heavy atom. The van der Waals surface area contributed by atoms with E-state index in [1.165, 1.54) is 11.5 Å². The predicted octanol–water partition coefficient (Wildman–Crippen LogP) is -0.430. The van der Waals surface area contributed by atoms with Crippen molar-refractivity contribution >= 4 is 16.7 Å². The highest BCUT2D eigenvalue weighted by molar-refractivity contribution is 7.09. The monoisotopic (exact) mass is 201 g/mol. The third-order valence-electron chi connectivity index (χ3n) is 1.59. The Balaban J connectivity index is 2.63. The van der Waals surface area contributed by atoms with E-state index in [1.807, 2.05) is 6.92 Å². The lowest BCUT2D eigenvalue weighted by atomic mass is 10.5. The van der Waals surface area contributed by atoms with Gasteiger partial charge in [0.15, 0.2) is 0 Å². The first-order chi connectivity index (χ1) is 6.27. The molecule has 0 unspecified atom stereocenters. The molecule has 0 spiro atoms. The molecule has 74 valence electrons. The minimum absolute atomic E-state index is 0.610. The molecule has 4 N–H and O–H groups in total. The normalized spacial score (nSPS) is 10.4. The molecule has 0 aliphatic carbocycles. The maximum atomic E-state index is 5.48. The fourth-order valence-electron chi connectivity index (χ4n) is 1.03. The number of hydrogen-bond donors (Lipinski definition) is 2. The second-order valence-corrected chi connectivity index (χ2v) is 3.42. The smallest absolute Gasteiger partial charge is 0.205 e. The quantitative estimate of drug-likeness (QED) is 0.675. The Morgan fingerprint density at radius 2 is 1.92 bits per heavy atom. The molecule has 0 aromatic carbocycles. The van der Waals surface area contributed by atoms with Gasteiger partial charge in [-0.05, 0) is 6.92 Å². The van der Waals surface area contributed by atoms with Crippen molar-refractivity contribution in [3.05, 3.63) is 5.82 Å². The van der Waals surface area contributed by atoms with Crippen molar-refractivity contribution < 1.29 is 0 Å². The Morgan fingerprint density at radius 3 is 2.31 bits per heavy atom. The number of hydrogen-bond acceptors (Lipinski definition) is 6. The summed E-state index contributed by atoms with van der Waals surface area (Å²) in [6, 6.07) is 0. The van der Waals surface area contributed by atoms with E-state index < -0.39 is 0 Å². The van der Waals surface area contributed by atoms with Gasteiger partial charge in [-0.15, -0.1) is 0 Å². The van der Waals surface area contributed by atoms with E-state index in [1.54, 1.807) is 0 Å². The average molecular weight is 201 g/mol. The third-order valence-corrected chi connectivity index (χ3v) is 2.45. The third kappa shape index (κ3) is 2.91. The van der Waals surface area contributed by atoms with Crippen LogP contribution in [0.3, 0.4) is 0 Å². The number of anilines is 1. The summed E-state index contributed by atoms with van der Waals surface area (Å²) in [5, 5.41) is 0.911. The van der Waals surface area contributed by atoms with Gasteiger partial charge in [0.25, 0.3) is 0 Å². The van der Waals surface area contributed by atoms with Crippen LogP contribution in [0.4, 0.5) is 5.13 Å². The van der Waals surface area contributed by atoms with Crippen molar-refractivity contribution in [2.24, 2.45) is 11.5 Å². The zero-order valence-electron chi connectivity index (χ0n) is 7.73. The van der Waals surface area contributed by atoms with Crippen LogP contribution in [0, 0.1) is 6.92 Å². The highest BCUT2D eigenvalue weighted by Crippen LogP contribution is 2.15. The van der Waals surface area contributed by atoms with Crippen LogP contribution in [-0.4, -0.2) is 35.5 Å². The van der Waals surface area contributed by atoms with Gasteiger partial charge in [-0.1, -0.05) is 0 Å². The molecule has 0 radical (unpaired) electrons. The van der Waals surface area contributed by atoms with Crippen molar-refractivity contribution in [3.8, 4) is 0 Å². The SMILES string of the molecule is Cc1nsc(N(CCN)CCN)n1. The summed E-state index contributed by atoms with van der Waals surface area (Å²) in [6.45, 7) is 4.66. The van der Waals surface area contributed by atoms with E-state index in [9.17, 15) is 0 Å². The molecule has 5 nitrogen and oxygen atoms in total. The van der Waals surface area contributed by atoms with Gasteiger partial charge in [-0.3, -0.25) is 0 Å². The van der Waals surface area contributed by atoms with E-state index in [0.717, 1.165) is 24.0 Å². The fourth-order valence-corrected chi connectivity index (χ4v) is 1.75. The highest BCUT2D eigenvalue weighted by atomic mass is 32.1. The number of aryl methyl sites for hydroxylation is 1. The van der Waals surface area contributed by atoms with Crippen LogP contribution in [-0.2, 0) is 0 Å². The summed E-state index contributed by atoms with van der Waals surface area (Å²) in [7, 11) is 0. The van der Waals surface area contributed by atoms with Gasteiger partial charge >= 0.3 is 0 Å². The van der Waals surface area contributed by atoms with Gasteiger partial charge < -0.3 is 16.4 Å². The van der Waals surface area contributed by atoms with Gasteiger partial charge in [-0.25, -0.2) is 4.98 Å². The lowest BCUT2D eigenvalue weighted by Gasteiger charge is -2.18. The van der Waals surface area contributed by atoms with Crippen molar-refractivity contribution in [2.45, 2.75) is 6.92 Å². The van der Waals surface area contributed by atoms with Crippen LogP contribution in [0.25, 0.3) is 0 Å². The molecule has 0 saturated heterocycles. The molecule has 1 aromatic heterocycles. The number of nitrogens with two attached hydrogens (primary N) is 2. The first-order valence-electron chi connectivity index (χ1n) is 4.23. The zero-order valence-corrected chi connectivity index (χ0v) is 8.55. The molecular weight excluding hydrogens is 186 g/mol. The Hall–Kier alpha value is -0.720. The van der Waals surface area contributed by atoms with Gasteiger partial charge in [0.05, 0.1) is 0 Å². The Labute approximate surface area is 81.9 Å². The first-order valence-corrected chi connectivity index (χ1v) is 5.00. The summed E-state index contributed by atoms with van der Waals surface area (Å²) in [5.41, 5.74) is 11.0. The van der Waals surface area contributed by atoms with Crippen molar-refractivity contribution in [2.75, 3.05) is 31.1 Å². The van der Waals surface area contributed by atoms with Crippen molar-refractivity contribution in [1.29, 1.82) is 0 Å². The van der Waals surface area contributed by atoms with Gasteiger partial charge in [-0.2, -0.15) is 4.37 Å².